The molecule has 4 rings (SSSR count). The highest BCUT2D eigenvalue weighted by molar-refractivity contribution is 5.98. The fourth-order valence-electron chi connectivity index (χ4n) is 2.80. The number of nitrogens with two attached hydrogens (primary N) is 1. The van der Waals surface area contributed by atoms with Crippen LogP contribution in [0.25, 0.3) is 17.1 Å². The van der Waals surface area contributed by atoms with Gasteiger partial charge in [-0.15, -0.1) is 5.10 Å². The number of ether oxygens (including phenoxy) is 1. The van der Waals surface area contributed by atoms with Crippen molar-refractivity contribution in [2.45, 2.75) is 6.92 Å². The van der Waals surface area contributed by atoms with Crippen LogP contribution in [0.1, 0.15) is 21.6 Å². The van der Waals surface area contributed by atoms with Crippen molar-refractivity contribution in [2.75, 3.05) is 12.8 Å². The maximum Gasteiger partial charge on any atom is 0.294 e. The van der Waals surface area contributed by atoms with E-state index in [1.807, 2.05) is 43.3 Å². The first kappa shape index (κ1) is 19.8. The first-order valence-electron chi connectivity index (χ1n) is 9.15. The number of methoxy groups -OCH3 is 1. The number of carbonyl (C=O) groups is 1. The van der Waals surface area contributed by atoms with E-state index in [0.717, 1.165) is 16.9 Å². The summed E-state index contributed by atoms with van der Waals surface area (Å²) in [5, 5.41) is 19.3. The van der Waals surface area contributed by atoms with E-state index in [1.54, 1.807) is 19.2 Å². The number of hydrogen-bond acceptors (Lipinski definition) is 9. The summed E-state index contributed by atoms with van der Waals surface area (Å²) in [6.45, 7) is 1.96. The highest BCUT2D eigenvalue weighted by Crippen LogP contribution is 2.26. The zero-order valence-corrected chi connectivity index (χ0v) is 16.7. The van der Waals surface area contributed by atoms with Gasteiger partial charge in [0.25, 0.3) is 5.91 Å². The van der Waals surface area contributed by atoms with E-state index < -0.39 is 5.91 Å². The minimum atomic E-state index is -0.554. The van der Waals surface area contributed by atoms with E-state index in [1.165, 1.54) is 10.9 Å². The molecule has 156 valence electrons. The Balaban J connectivity index is 1.64. The fourth-order valence-corrected chi connectivity index (χ4v) is 2.80. The molecule has 0 atom stereocenters. The van der Waals surface area contributed by atoms with Crippen LogP contribution in [0.2, 0.25) is 0 Å². The molecule has 2 aromatic heterocycles. The summed E-state index contributed by atoms with van der Waals surface area (Å²) in [5.41, 5.74) is 11.2. The number of benzene rings is 2. The molecule has 0 saturated heterocycles. The van der Waals surface area contributed by atoms with Gasteiger partial charge in [0.15, 0.2) is 5.69 Å². The van der Waals surface area contributed by atoms with Gasteiger partial charge in [0.2, 0.25) is 11.6 Å². The number of hydrogen-bond donors (Lipinski definition) is 2. The minimum Gasteiger partial charge on any atom is -0.497 e. The van der Waals surface area contributed by atoms with Gasteiger partial charge >= 0.3 is 0 Å². The third-order valence-electron chi connectivity index (χ3n) is 4.40. The predicted molar refractivity (Wildman–Crippen MR) is 112 cm³/mol. The number of carbonyl (C=O) groups excluding carboxylic acids is 1. The number of amides is 1. The SMILES string of the molecule is COc1ccc(/C=N/NC(=O)c2nnn(-c3nonc3N)c2-c2ccc(C)cc2)cc1. The molecule has 3 N–H and O–H groups in total. The summed E-state index contributed by atoms with van der Waals surface area (Å²) >= 11 is 0. The Morgan fingerprint density at radius 1 is 1.16 bits per heavy atom. The van der Waals surface area contributed by atoms with Crippen molar-refractivity contribution in [2.24, 2.45) is 5.10 Å². The maximum absolute atomic E-state index is 12.8. The van der Waals surface area contributed by atoms with Gasteiger partial charge in [-0.2, -0.15) is 9.78 Å². The Morgan fingerprint density at radius 2 is 1.90 bits per heavy atom. The molecular weight excluding hydrogens is 400 g/mol. The quantitative estimate of drug-likeness (QED) is 0.357. The molecule has 0 aliphatic rings. The van der Waals surface area contributed by atoms with Crippen LogP contribution in [0.3, 0.4) is 0 Å². The summed E-state index contributed by atoms with van der Waals surface area (Å²) < 4.78 is 11.1. The highest BCUT2D eigenvalue weighted by atomic mass is 16.6. The second-order valence-electron chi connectivity index (χ2n) is 6.51. The molecule has 0 bridgehead atoms. The van der Waals surface area contributed by atoms with E-state index in [2.05, 4.69) is 35.8 Å². The zero-order valence-electron chi connectivity index (χ0n) is 16.7. The van der Waals surface area contributed by atoms with E-state index in [-0.39, 0.29) is 17.3 Å². The van der Waals surface area contributed by atoms with Crippen molar-refractivity contribution in [1.82, 2.24) is 30.7 Å². The second kappa shape index (κ2) is 8.45. The van der Waals surface area contributed by atoms with Crippen molar-refractivity contribution < 1.29 is 14.2 Å². The number of nitrogens with one attached hydrogen (secondary N) is 1. The van der Waals surface area contributed by atoms with Crippen LogP contribution in [0.4, 0.5) is 5.82 Å². The van der Waals surface area contributed by atoms with Gasteiger partial charge in [-0.05, 0) is 47.1 Å². The van der Waals surface area contributed by atoms with Crippen molar-refractivity contribution in [3.63, 3.8) is 0 Å². The van der Waals surface area contributed by atoms with Gasteiger partial charge < -0.3 is 10.5 Å². The average molecular weight is 418 g/mol. The molecule has 4 aromatic rings. The number of aryl methyl sites for hydroxylation is 1. The normalized spacial score (nSPS) is 11.0. The zero-order chi connectivity index (χ0) is 21.8. The Labute approximate surface area is 176 Å². The van der Waals surface area contributed by atoms with Crippen LogP contribution in [-0.4, -0.2) is 44.5 Å². The third-order valence-corrected chi connectivity index (χ3v) is 4.40. The Morgan fingerprint density at radius 3 is 2.55 bits per heavy atom. The van der Waals surface area contributed by atoms with Crippen LogP contribution in [0.15, 0.2) is 58.3 Å². The van der Waals surface area contributed by atoms with Crippen molar-refractivity contribution in [3.8, 4) is 22.8 Å². The van der Waals surface area contributed by atoms with Crippen LogP contribution in [0.5, 0.6) is 5.75 Å². The van der Waals surface area contributed by atoms with Crippen molar-refractivity contribution >= 4 is 17.9 Å². The van der Waals surface area contributed by atoms with Gasteiger partial charge in [0.1, 0.15) is 11.4 Å². The molecule has 0 unspecified atom stereocenters. The Hall–Kier alpha value is -4.54. The van der Waals surface area contributed by atoms with Crippen molar-refractivity contribution in [3.05, 3.63) is 65.4 Å². The van der Waals surface area contributed by atoms with E-state index in [0.29, 0.717) is 11.3 Å². The van der Waals surface area contributed by atoms with E-state index >= 15 is 0 Å². The molecule has 0 aliphatic carbocycles. The molecule has 0 aliphatic heterocycles. The number of hydrazone groups is 1. The summed E-state index contributed by atoms with van der Waals surface area (Å²) in [4.78, 5) is 12.8. The summed E-state index contributed by atoms with van der Waals surface area (Å²) in [7, 11) is 1.59. The first-order valence-corrected chi connectivity index (χ1v) is 9.15. The minimum absolute atomic E-state index is 0.0164. The van der Waals surface area contributed by atoms with Gasteiger partial charge in [0, 0.05) is 5.56 Å². The lowest BCUT2D eigenvalue weighted by molar-refractivity contribution is 0.0950. The smallest absolute Gasteiger partial charge is 0.294 e. The largest absolute Gasteiger partial charge is 0.497 e. The molecule has 11 heteroatoms. The van der Waals surface area contributed by atoms with Gasteiger partial charge in [-0.25, -0.2) is 10.1 Å². The fraction of sp³-hybridized carbons (Fsp3) is 0.100. The summed E-state index contributed by atoms with van der Waals surface area (Å²) in [5.74, 6) is 0.315. The molecule has 31 heavy (non-hydrogen) atoms. The number of aromatic nitrogens is 5. The van der Waals surface area contributed by atoms with Crippen LogP contribution in [0, 0.1) is 6.92 Å². The summed E-state index contributed by atoms with van der Waals surface area (Å²) in [6, 6.07) is 14.7. The highest BCUT2D eigenvalue weighted by Gasteiger charge is 2.25. The first-order chi connectivity index (χ1) is 15.1. The van der Waals surface area contributed by atoms with Crippen LogP contribution in [-0.2, 0) is 0 Å². The number of anilines is 1. The average Bonchev–Trinajstić information content (AvgIpc) is 3.40. The Kier molecular flexibility index (Phi) is 5.39. The molecule has 0 spiro atoms. The number of rotatable bonds is 6. The molecule has 11 nitrogen and oxygen atoms in total. The van der Waals surface area contributed by atoms with Crippen molar-refractivity contribution in [1.29, 1.82) is 0 Å². The monoisotopic (exact) mass is 418 g/mol. The molecule has 0 saturated carbocycles. The lowest BCUT2D eigenvalue weighted by Gasteiger charge is -2.06. The molecule has 0 fully saturated rings. The predicted octanol–water partition coefficient (Wildman–Crippen LogP) is 1.98. The van der Waals surface area contributed by atoms with Gasteiger partial charge in [-0.3, -0.25) is 4.79 Å². The van der Waals surface area contributed by atoms with Gasteiger partial charge in [-0.1, -0.05) is 35.0 Å². The number of nitrogen functional groups attached to an aromatic ring is 1. The maximum atomic E-state index is 12.8. The lowest BCUT2D eigenvalue weighted by atomic mass is 10.1. The standard InChI is InChI=1S/C20H18N8O3/c1-12-3-7-14(8-4-12)17-16(23-27-28(17)19-18(21)25-31-26-19)20(29)24-22-11-13-5-9-15(30-2)10-6-13/h3-11H,1-2H3,(H2,21,25)(H,24,29)/b22-11+. The molecular formula is C20H18N8O3. The molecule has 1 amide bonds. The second-order valence-corrected chi connectivity index (χ2v) is 6.51. The van der Waals surface area contributed by atoms with E-state index in [4.69, 9.17) is 10.5 Å². The number of nitrogens with zero attached hydrogens (tertiary/aromatic N) is 6. The topological polar surface area (TPSA) is 146 Å². The molecule has 0 radical (unpaired) electrons. The molecule has 2 aromatic carbocycles. The van der Waals surface area contributed by atoms with Crippen LogP contribution >= 0.6 is 0 Å². The third kappa shape index (κ3) is 4.10. The lowest BCUT2D eigenvalue weighted by Crippen LogP contribution is -2.19. The Bertz CT molecular complexity index is 1230. The van der Waals surface area contributed by atoms with Gasteiger partial charge in [0.05, 0.1) is 13.3 Å². The summed E-state index contributed by atoms with van der Waals surface area (Å²) in [6.07, 6.45) is 1.51. The van der Waals surface area contributed by atoms with E-state index in [9.17, 15) is 4.79 Å². The van der Waals surface area contributed by atoms with Crippen LogP contribution < -0.4 is 15.9 Å². The molecule has 2 heterocycles.